The molecular weight excluding hydrogens is 314 g/mol. The molecule has 0 aliphatic carbocycles. The fourth-order valence-corrected chi connectivity index (χ4v) is 2.98. The van der Waals surface area contributed by atoms with Crippen molar-refractivity contribution < 1.29 is 9.32 Å². The molecule has 0 N–H and O–H groups in total. The molecule has 2 heterocycles. The molecule has 2 aromatic rings. The van der Waals surface area contributed by atoms with Crippen LogP contribution in [0.25, 0.3) is 6.08 Å². The first-order chi connectivity index (χ1) is 12.2. The van der Waals surface area contributed by atoms with Gasteiger partial charge in [-0.1, -0.05) is 49.3 Å². The minimum Gasteiger partial charge on any atom is -0.339 e. The largest absolute Gasteiger partial charge is 0.339 e. The number of carbonyl (C=O) groups excluding carboxylic acids is 1. The Balaban J connectivity index is 1.54. The first kappa shape index (κ1) is 17.4. The number of nitrogens with zero attached hydrogens (tertiary/aromatic N) is 3. The molecule has 25 heavy (non-hydrogen) atoms. The van der Waals surface area contributed by atoms with Gasteiger partial charge in [-0.25, -0.2) is 0 Å². The fraction of sp³-hybridized carbons (Fsp3) is 0.450. The van der Waals surface area contributed by atoms with Crippen molar-refractivity contribution in [3.05, 3.63) is 53.7 Å². The van der Waals surface area contributed by atoms with Gasteiger partial charge in [-0.15, -0.1) is 0 Å². The summed E-state index contributed by atoms with van der Waals surface area (Å²) < 4.78 is 5.45. The molecule has 1 atom stereocenters. The Morgan fingerprint density at radius 2 is 2.04 bits per heavy atom. The average Bonchev–Trinajstić information content (AvgIpc) is 3.16. The van der Waals surface area contributed by atoms with Gasteiger partial charge in [-0.3, -0.25) is 4.79 Å². The fourth-order valence-electron chi connectivity index (χ4n) is 2.98. The zero-order chi connectivity index (χ0) is 17.6. The van der Waals surface area contributed by atoms with Gasteiger partial charge in [0.05, 0.1) is 0 Å². The zero-order valence-electron chi connectivity index (χ0n) is 14.9. The van der Waals surface area contributed by atoms with Crippen molar-refractivity contribution >= 4 is 12.0 Å². The Morgan fingerprint density at radius 1 is 1.32 bits per heavy atom. The van der Waals surface area contributed by atoms with Crippen LogP contribution in [0, 0.1) is 0 Å². The van der Waals surface area contributed by atoms with Crippen LogP contribution in [-0.2, 0) is 4.79 Å². The highest BCUT2D eigenvalue weighted by molar-refractivity contribution is 5.91. The van der Waals surface area contributed by atoms with E-state index in [9.17, 15) is 4.79 Å². The number of hydrogen-bond donors (Lipinski definition) is 0. The van der Waals surface area contributed by atoms with Crippen LogP contribution in [0.1, 0.15) is 62.2 Å². The predicted molar refractivity (Wildman–Crippen MR) is 97.0 cm³/mol. The molecule has 1 fully saturated rings. The Morgan fingerprint density at radius 3 is 2.72 bits per heavy atom. The van der Waals surface area contributed by atoms with Gasteiger partial charge in [0.15, 0.2) is 5.82 Å². The van der Waals surface area contributed by atoms with Gasteiger partial charge in [0.2, 0.25) is 11.8 Å². The highest BCUT2D eigenvalue weighted by Gasteiger charge is 2.27. The van der Waals surface area contributed by atoms with Crippen LogP contribution < -0.4 is 0 Å². The van der Waals surface area contributed by atoms with Crippen LogP contribution >= 0.6 is 0 Å². The summed E-state index contributed by atoms with van der Waals surface area (Å²) in [4.78, 5) is 18.8. The monoisotopic (exact) mass is 339 g/mol. The maximum atomic E-state index is 12.3. The Bertz CT molecular complexity index is 716. The van der Waals surface area contributed by atoms with E-state index in [1.165, 1.54) is 0 Å². The minimum atomic E-state index is 0.0631. The van der Waals surface area contributed by atoms with Gasteiger partial charge in [-0.2, -0.15) is 4.98 Å². The molecule has 1 aliphatic rings. The van der Waals surface area contributed by atoms with E-state index in [-0.39, 0.29) is 11.8 Å². The van der Waals surface area contributed by atoms with Crippen molar-refractivity contribution in [2.45, 2.75) is 44.9 Å². The van der Waals surface area contributed by atoms with Gasteiger partial charge in [-0.05, 0) is 30.9 Å². The van der Waals surface area contributed by atoms with E-state index in [2.05, 4.69) is 24.0 Å². The maximum Gasteiger partial charge on any atom is 0.246 e. The molecule has 1 saturated heterocycles. The number of carbonyl (C=O) groups is 1. The van der Waals surface area contributed by atoms with Crippen molar-refractivity contribution in [1.29, 1.82) is 0 Å². The number of aromatic nitrogens is 2. The van der Waals surface area contributed by atoms with E-state index in [0.29, 0.717) is 5.92 Å². The zero-order valence-corrected chi connectivity index (χ0v) is 14.9. The van der Waals surface area contributed by atoms with E-state index < -0.39 is 0 Å². The van der Waals surface area contributed by atoms with Gasteiger partial charge >= 0.3 is 0 Å². The predicted octanol–water partition coefficient (Wildman–Crippen LogP) is 4.00. The second-order valence-corrected chi connectivity index (χ2v) is 6.64. The summed E-state index contributed by atoms with van der Waals surface area (Å²) in [5.74, 6) is 2.16. The third-order valence-electron chi connectivity index (χ3n) is 4.88. The van der Waals surface area contributed by atoms with Crippen molar-refractivity contribution in [1.82, 2.24) is 15.0 Å². The third kappa shape index (κ3) is 4.35. The van der Waals surface area contributed by atoms with Gasteiger partial charge in [0.1, 0.15) is 0 Å². The molecule has 1 aromatic carbocycles. The van der Waals surface area contributed by atoms with E-state index in [0.717, 1.165) is 49.6 Å². The lowest BCUT2D eigenvalue weighted by Crippen LogP contribution is -2.36. The number of benzene rings is 1. The lowest BCUT2D eigenvalue weighted by molar-refractivity contribution is -0.127. The van der Waals surface area contributed by atoms with Gasteiger partial charge in [0, 0.05) is 31.0 Å². The number of likely N-dealkylation sites (tertiary alicyclic amines) is 1. The quantitative estimate of drug-likeness (QED) is 0.773. The SMILES string of the molecule is CCC(C)c1noc(C2CCN(C(=O)C=Cc3ccccc3)CC2)n1. The first-order valence-electron chi connectivity index (χ1n) is 9.03. The Hall–Kier alpha value is -2.43. The molecule has 5 nitrogen and oxygen atoms in total. The number of rotatable bonds is 5. The number of piperidine rings is 1. The highest BCUT2D eigenvalue weighted by Crippen LogP contribution is 2.28. The number of amides is 1. The molecule has 1 aliphatic heterocycles. The topological polar surface area (TPSA) is 59.2 Å². The van der Waals surface area contributed by atoms with Crippen molar-refractivity contribution in [3.63, 3.8) is 0 Å². The summed E-state index contributed by atoms with van der Waals surface area (Å²) in [6.07, 6.45) is 6.26. The van der Waals surface area contributed by atoms with Crippen molar-refractivity contribution in [3.8, 4) is 0 Å². The lowest BCUT2D eigenvalue weighted by atomic mass is 9.96. The molecule has 1 unspecified atom stereocenters. The standard InChI is InChI=1S/C20H25N3O2/c1-3-15(2)19-21-20(25-22-19)17-11-13-23(14-12-17)18(24)10-9-16-7-5-4-6-8-16/h4-10,15,17H,3,11-14H2,1-2H3. The van der Waals surface area contributed by atoms with E-state index in [1.807, 2.05) is 41.3 Å². The van der Waals surface area contributed by atoms with Gasteiger partial charge in [0.25, 0.3) is 0 Å². The third-order valence-corrected chi connectivity index (χ3v) is 4.88. The van der Waals surface area contributed by atoms with E-state index >= 15 is 0 Å². The average molecular weight is 339 g/mol. The molecule has 3 rings (SSSR count). The van der Waals surface area contributed by atoms with Crippen LogP contribution in [0.15, 0.2) is 40.9 Å². The lowest BCUT2D eigenvalue weighted by Gasteiger charge is -2.29. The van der Waals surface area contributed by atoms with Crippen molar-refractivity contribution in [2.75, 3.05) is 13.1 Å². The molecule has 1 amide bonds. The van der Waals surface area contributed by atoms with Crippen LogP contribution in [0.3, 0.4) is 0 Å². The molecule has 5 heteroatoms. The van der Waals surface area contributed by atoms with Crippen LogP contribution in [0.5, 0.6) is 0 Å². The van der Waals surface area contributed by atoms with Crippen LogP contribution in [-0.4, -0.2) is 34.0 Å². The Labute approximate surface area is 148 Å². The molecule has 0 radical (unpaired) electrons. The van der Waals surface area contributed by atoms with Gasteiger partial charge < -0.3 is 9.42 Å². The molecule has 1 aromatic heterocycles. The highest BCUT2D eigenvalue weighted by atomic mass is 16.5. The summed E-state index contributed by atoms with van der Waals surface area (Å²) in [6, 6.07) is 9.87. The molecule has 0 saturated carbocycles. The van der Waals surface area contributed by atoms with E-state index in [1.54, 1.807) is 6.08 Å². The number of hydrogen-bond acceptors (Lipinski definition) is 4. The second kappa shape index (κ2) is 8.10. The van der Waals surface area contributed by atoms with E-state index in [4.69, 9.17) is 4.52 Å². The summed E-state index contributed by atoms with van der Waals surface area (Å²) >= 11 is 0. The van der Waals surface area contributed by atoms with Crippen molar-refractivity contribution in [2.24, 2.45) is 0 Å². The first-order valence-corrected chi connectivity index (χ1v) is 9.03. The molecular formula is C20H25N3O2. The summed E-state index contributed by atoms with van der Waals surface area (Å²) in [5, 5.41) is 4.10. The summed E-state index contributed by atoms with van der Waals surface area (Å²) in [6.45, 7) is 5.68. The summed E-state index contributed by atoms with van der Waals surface area (Å²) in [7, 11) is 0. The minimum absolute atomic E-state index is 0.0631. The normalized spacial score (nSPS) is 17.1. The molecule has 0 spiro atoms. The molecule has 0 bridgehead atoms. The molecule has 132 valence electrons. The smallest absolute Gasteiger partial charge is 0.246 e. The van der Waals surface area contributed by atoms with Crippen LogP contribution in [0.2, 0.25) is 0 Å². The second-order valence-electron chi connectivity index (χ2n) is 6.64. The van der Waals surface area contributed by atoms with Crippen LogP contribution in [0.4, 0.5) is 0 Å². The maximum absolute atomic E-state index is 12.3. The Kier molecular flexibility index (Phi) is 5.64. The summed E-state index contributed by atoms with van der Waals surface area (Å²) in [5.41, 5.74) is 1.04.